The van der Waals surface area contributed by atoms with E-state index in [4.69, 9.17) is 16.0 Å². The molecule has 2 heterocycles. The van der Waals surface area contributed by atoms with Crippen LogP contribution in [-0.2, 0) is 11.3 Å². The van der Waals surface area contributed by atoms with Crippen molar-refractivity contribution in [2.75, 3.05) is 0 Å². The maximum Gasteiger partial charge on any atom is 0.237 e. The van der Waals surface area contributed by atoms with Crippen LogP contribution in [0.1, 0.15) is 43.0 Å². The highest BCUT2D eigenvalue weighted by Gasteiger charge is 2.45. The molecule has 1 aliphatic rings. The number of hydrogen-bond acceptors (Lipinski definition) is 6. The van der Waals surface area contributed by atoms with Gasteiger partial charge in [-0.05, 0) is 44.0 Å². The van der Waals surface area contributed by atoms with Crippen molar-refractivity contribution in [3.63, 3.8) is 0 Å². The van der Waals surface area contributed by atoms with E-state index in [2.05, 4.69) is 22.0 Å². The predicted octanol–water partition coefficient (Wildman–Crippen LogP) is 1.58. The van der Waals surface area contributed by atoms with Gasteiger partial charge in [0.15, 0.2) is 5.76 Å². The third kappa shape index (κ3) is 3.99. The molecular formula is C22H23N5O3. The van der Waals surface area contributed by atoms with Crippen molar-refractivity contribution in [2.24, 2.45) is 17.4 Å². The Morgan fingerprint density at radius 1 is 1.40 bits per heavy atom. The van der Waals surface area contributed by atoms with Crippen molar-refractivity contribution < 1.29 is 14.4 Å². The first-order valence-corrected chi connectivity index (χ1v) is 9.69. The second-order valence-electron chi connectivity index (χ2n) is 7.74. The summed E-state index contributed by atoms with van der Waals surface area (Å²) in [6.07, 6.45) is 3.79. The van der Waals surface area contributed by atoms with Gasteiger partial charge in [-0.1, -0.05) is 17.0 Å². The predicted molar refractivity (Wildman–Crippen MR) is 110 cm³/mol. The van der Waals surface area contributed by atoms with E-state index in [0.29, 0.717) is 31.0 Å². The molecule has 0 saturated heterocycles. The first-order chi connectivity index (χ1) is 14.3. The van der Waals surface area contributed by atoms with Gasteiger partial charge in [-0.25, -0.2) is 4.98 Å². The van der Waals surface area contributed by atoms with Gasteiger partial charge in [0.05, 0.1) is 12.1 Å². The fourth-order valence-electron chi connectivity index (χ4n) is 3.55. The molecule has 4 rings (SSSR count). The van der Waals surface area contributed by atoms with E-state index in [9.17, 15) is 9.90 Å². The number of carbonyl (C=O) groups is 1. The number of nitrogens with zero attached hydrogens (tertiary/aromatic N) is 3. The molecule has 0 aliphatic heterocycles. The largest absolute Gasteiger partial charge is 0.385 e. The van der Waals surface area contributed by atoms with Crippen LogP contribution in [0.15, 0.2) is 47.2 Å². The van der Waals surface area contributed by atoms with Crippen LogP contribution in [0.25, 0.3) is 11.3 Å². The highest BCUT2D eigenvalue weighted by molar-refractivity contribution is 5.85. The number of aromatic nitrogens is 3. The molecule has 1 saturated carbocycles. The molecule has 30 heavy (non-hydrogen) atoms. The molecule has 2 aromatic heterocycles. The summed E-state index contributed by atoms with van der Waals surface area (Å²) in [5, 5.41) is 13.9. The quantitative estimate of drug-likeness (QED) is 0.552. The Balaban J connectivity index is 1.40. The number of aliphatic hydroxyl groups excluding tert-OH is 1. The van der Waals surface area contributed by atoms with E-state index in [1.807, 2.05) is 34.9 Å². The molecule has 1 unspecified atom stereocenters. The standard InChI is InChI=1S/C22H23N5O3/c1-14(28)20-25-8-9-27(20)13-18-10-19(30-26-18)17-6-4-15(5-7-17)2-3-16-11-22(24,12-16)21(23)29/h4-10,14,16,28H,11-13,24H2,1H3,(H2,23,29). The Morgan fingerprint density at radius 3 is 2.80 bits per heavy atom. The van der Waals surface area contributed by atoms with Crippen molar-refractivity contribution in [3.8, 4) is 23.2 Å². The van der Waals surface area contributed by atoms with Gasteiger partial charge in [-0.3, -0.25) is 4.79 Å². The normalized spacial score (nSPS) is 21.4. The average molecular weight is 405 g/mol. The van der Waals surface area contributed by atoms with E-state index in [0.717, 1.165) is 16.8 Å². The van der Waals surface area contributed by atoms with Crippen LogP contribution in [0.5, 0.6) is 0 Å². The third-order valence-electron chi connectivity index (χ3n) is 5.31. The molecule has 0 radical (unpaired) electrons. The van der Waals surface area contributed by atoms with Crippen LogP contribution in [-0.4, -0.2) is 31.3 Å². The molecule has 1 atom stereocenters. The number of amides is 1. The Morgan fingerprint density at radius 2 is 2.13 bits per heavy atom. The van der Waals surface area contributed by atoms with Gasteiger partial charge in [0, 0.05) is 35.5 Å². The van der Waals surface area contributed by atoms with Gasteiger partial charge in [0.1, 0.15) is 17.6 Å². The molecule has 1 fully saturated rings. The Bertz CT molecular complexity index is 1110. The van der Waals surface area contributed by atoms with Crippen LogP contribution in [0.3, 0.4) is 0 Å². The molecule has 1 amide bonds. The highest BCUT2D eigenvalue weighted by atomic mass is 16.5. The van der Waals surface area contributed by atoms with E-state index in [1.54, 1.807) is 19.3 Å². The summed E-state index contributed by atoms with van der Waals surface area (Å²) in [5.41, 5.74) is 12.8. The lowest BCUT2D eigenvalue weighted by Crippen LogP contribution is -2.60. The van der Waals surface area contributed by atoms with Gasteiger partial charge in [0.2, 0.25) is 5.91 Å². The van der Waals surface area contributed by atoms with E-state index in [-0.39, 0.29) is 5.92 Å². The number of carbonyl (C=O) groups excluding carboxylic acids is 1. The number of rotatable bonds is 5. The lowest BCUT2D eigenvalue weighted by Gasteiger charge is -2.39. The molecule has 3 aromatic rings. The maximum absolute atomic E-state index is 11.3. The van der Waals surface area contributed by atoms with Gasteiger partial charge >= 0.3 is 0 Å². The van der Waals surface area contributed by atoms with Crippen molar-refractivity contribution in [3.05, 3.63) is 59.8 Å². The smallest absolute Gasteiger partial charge is 0.237 e. The summed E-state index contributed by atoms with van der Waals surface area (Å²) in [6, 6.07) is 9.53. The summed E-state index contributed by atoms with van der Waals surface area (Å²) < 4.78 is 7.30. The zero-order valence-electron chi connectivity index (χ0n) is 16.6. The van der Waals surface area contributed by atoms with Crippen LogP contribution < -0.4 is 11.5 Å². The van der Waals surface area contributed by atoms with Crippen molar-refractivity contribution >= 4 is 5.91 Å². The summed E-state index contributed by atoms with van der Waals surface area (Å²) in [6.45, 7) is 2.13. The van der Waals surface area contributed by atoms with Crippen LogP contribution in [0.4, 0.5) is 0 Å². The molecule has 8 heteroatoms. The molecular weight excluding hydrogens is 382 g/mol. The minimum Gasteiger partial charge on any atom is -0.385 e. The SMILES string of the molecule is CC(O)c1nccn1Cc1cc(-c2ccc(C#CC3CC(N)(C(N)=O)C3)cc2)on1. The Labute approximate surface area is 173 Å². The summed E-state index contributed by atoms with van der Waals surface area (Å²) in [4.78, 5) is 15.4. The number of primary amides is 1. The van der Waals surface area contributed by atoms with Crippen molar-refractivity contribution in [2.45, 2.75) is 38.0 Å². The van der Waals surface area contributed by atoms with E-state index >= 15 is 0 Å². The summed E-state index contributed by atoms with van der Waals surface area (Å²) in [7, 11) is 0. The number of hydrogen-bond donors (Lipinski definition) is 3. The zero-order valence-corrected chi connectivity index (χ0v) is 16.6. The molecule has 1 aromatic carbocycles. The fraction of sp³-hybridized carbons (Fsp3) is 0.318. The van der Waals surface area contributed by atoms with Crippen molar-refractivity contribution in [1.29, 1.82) is 0 Å². The second-order valence-corrected chi connectivity index (χ2v) is 7.74. The number of imidazole rings is 1. The van der Waals surface area contributed by atoms with Gasteiger partial charge in [-0.2, -0.15) is 0 Å². The summed E-state index contributed by atoms with van der Waals surface area (Å²) >= 11 is 0. The fourth-order valence-corrected chi connectivity index (χ4v) is 3.55. The van der Waals surface area contributed by atoms with Crippen molar-refractivity contribution in [1.82, 2.24) is 14.7 Å². The van der Waals surface area contributed by atoms with E-state index < -0.39 is 17.6 Å². The molecule has 154 valence electrons. The highest BCUT2D eigenvalue weighted by Crippen LogP contribution is 2.35. The summed E-state index contributed by atoms with van der Waals surface area (Å²) in [5.74, 6) is 7.12. The number of nitrogens with two attached hydrogens (primary N) is 2. The number of benzene rings is 1. The minimum atomic E-state index is -0.903. The average Bonchev–Trinajstić information content (AvgIpc) is 3.34. The Hall–Kier alpha value is -3.41. The van der Waals surface area contributed by atoms with Crippen LogP contribution in [0.2, 0.25) is 0 Å². The molecule has 0 bridgehead atoms. The Kier molecular flexibility index (Phi) is 5.16. The minimum absolute atomic E-state index is 0.0914. The van der Waals surface area contributed by atoms with Gasteiger partial charge < -0.3 is 25.7 Å². The lowest BCUT2D eigenvalue weighted by molar-refractivity contribution is -0.126. The lowest BCUT2D eigenvalue weighted by atomic mass is 9.69. The zero-order chi connectivity index (χ0) is 21.3. The molecule has 0 spiro atoms. The topological polar surface area (TPSA) is 133 Å². The first-order valence-electron chi connectivity index (χ1n) is 9.69. The van der Waals surface area contributed by atoms with Gasteiger partial charge in [0.25, 0.3) is 0 Å². The van der Waals surface area contributed by atoms with E-state index in [1.165, 1.54) is 0 Å². The molecule has 1 aliphatic carbocycles. The molecule has 5 N–H and O–H groups in total. The maximum atomic E-state index is 11.3. The number of aliphatic hydroxyl groups is 1. The van der Waals surface area contributed by atoms with Crippen LogP contribution >= 0.6 is 0 Å². The molecule has 8 nitrogen and oxygen atoms in total. The monoisotopic (exact) mass is 405 g/mol. The first kappa shape index (κ1) is 19.9. The van der Waals surface area contributed by atoms with Gasteiger partial charge in [-0.15, -0.1) is 0 Å². The third-order valence-corrected chi connectivity index (χ3v) is 5.31. The van der Waals surface area contributed by atoms with Crippen LogP contribution in [0, 0.1) is 17.8 Å². The second kappa shape index (κ2) is 7.78.